The van der Waals surface area contributed by atoms with E-state index in [1.807, 2.05) is 36.9 Å². The molecule has 138 valence electrons. The first-order chi connectivity index (χ1) is 12.0. The molecule has 1 amide bonds. The summed E-state index contributed by atoms with van der Waals surface area (Å²) >= 11 is 9.61. The molecule has 1 aliphatic rings. The molecule has 1 saturated heterocycles. The second kappa shape index (κ2) is 10.0. The second-order valence-electron chi connectivity index (χ2n) is 6.07. The molecule has 0 bridgehead atoms. The quantitative estimate of drug-likeness (QED) is 0.539. The van der Waals surface area contributed by atoms with E-state index in [4.69, 9.17) is 11.6 Å². The molecule has 0 aromatic heterocycles. The molecule has 1 aromatic rings. The molecule has 2 N–H and O–H groups in total. The molecule has 0 saturated carbocycles. The SMILES string of the molecule is CCNC(=NCCc1cc(Cl)ccc1Br)NC1CCN(C(=O)CC)C1. The van der Waals surface area contributed by atoms with Crippen LogP contribution in [0.5, 0.6) is 0 Å². The van der Waals surface area contributed by atoms with Gasteiger partial charge in [-0.25, -0.2) is 0 Å². The number of nitrogens with one attached hydrogen (secondary N) is 2. The minimum atomic E-state index is 0.219. The maximum absolute atomic E-state index is 11.8. The third-order valence-electron chi connectivity index (χ3n) is 4.19. The van der Waals surface area contributed by atoms with E-state index in [2.05, 4.69) is 31.6 Å². The highest BCUT2D eigenvalue weighted by molar-refractivity contribution is 9.10. The summed E-state index contributed by atoms with van der Waals surface area (Å²) in [6, 6.07) is 6.05. The van der Waals surface area contributed by atoms with Crippen molar-refractivity contribution < 1.29 is 4.79 Å². The Bertz CT molecular complexity index is 623. The predicted molar refractivity (Wildman–Crippen MR) is 107 cm³/mol. The van der Waals surface area contributed by atoms with E-state index >= 15 is 0 Å². The molecule has 1 unspecified atom stereocenters. The lowest BCUT2D eigenvalue weighted by Gasteiger charge is -2.18. The summed E-state index contributed by atoms with van der Waals surface area (Å²) in [7, 11) is 0. The molecular formula is C18H26BrClN4O. The number of guanidine groups is 1. The van der Waals surface area contributed by atoms with Crippen molar-refractivity contribution in [2.24, 2.45) is 4.99 Å². The van der Waals surface area contributed by atoms with Crippen LogP contribution in [0.3, 0.4) is 0 Å². The first-order valence-corrected chi connectivity index (χ1v) is 9.97. The lowest BCUT2D eigenvalue weighted by Crippen LogP contribution is -2.45. The van der Waals surface area contributed by atoms with Gasteiger partial charge in [-0.05, 0) is 43.5 Å². The molecule has 1 aliphatic heterocycles. The van der Waals surface area contributed by atoms with Gasteiger partial charge in [0.25, 0.3) is 0 Å². The Labute approximate surface area is 163 Å². The van der Waals surface area contributed by atoms with Crippen LogP contribution >= 0.6 is 27.5 Å². The molecule has 0 spiro atoms. The number of carbonyl (C=O) groups excluding carboxylic acids is 1. The molecule has 7 heteroatoms. The number of hydrogen-bond donors (Lipinski definition) is 2. The van der Waals surface area contributed by atoms with Crippen molar-refractivity contribution in [3.8, 4) is 0 Å². The summed E-state index contributed by atoms with van der Waals surface area (Å²) in [6.45, 7) is 6.99. The van der Waals surface area contributed by atoms with Crippen molar-refractivity contribution in [2.45, 2.75) is 39.2 Å². The standard InChI is InChI=1S/C18H26BrClN4O/c1-3-17(25)24-10-8-15(12-24)23-18(21-4-2)22-9-7-13-11-14(20)5-6-16(13)19/h5-6,11,15H,3-4,7-10,12H2,1-2H3,(H2,21,22,23). The van der Waals surface area contributed by atoms with Crippen molar-refractivity contribution >= 4 is 39.4 Å². The molecule has 0 radical (unpaired) electrons. The number of aliphatic imine (C=N–C) groups is 1. The van der Waals surface area contributed by atoms with Gasteiger partial charge < -0.3 is 15.5 Å². The zero-order valence-electron chi connectivity index (χ0n) is 14.8. The van der Waals surface area contributed by atoms with Crippen molar-refractivity contribution in [1.29, 1.82) is 0 Å². The number of hydrogen-bond acceptors (Lipinski definition) is 2. The van der Waals surface area contributed by atoms with Crippen LogP contribution in [-0.2, 0) is 11.2 Å². The average molecular weight is 430 g/mol. The number of likely N-dealkylation sites (tertiary alicyclic amines) is 1. The monoisotopic (exact) mass is 428 g/mol. The first kappa shape index (κ1) is 20.0. The smallest absolute Gasteiger partial charge is 0.222 e. The van der Waals surface area contributed by atoms with Crippen LogP contribution in [0.25, 0.3) is 0 Å². The molecule has 1 atom stereocenters. The zero-order valence-corrected chi connectivity index (χ0v) is 17.2. The minimum absolute atomic E-state index is 0.219. The van der Waals surface area contributed by atoms with E-state index in [-0.39, 0.29) is 11.9 Å². The van der Waals surface area contributed by atoms with Crippen LogP contribution in [-0.4, -0.2) is 49.0 Å². The van der Waals surface area contributed by atoms with Gasteiger partial charge in [0.1, 0.15) is 0 Å². The maximum atomic E-state index is 11.8. The van der Waals surface area contributed by atoms with Crippen LogP contribution in [0.2, 0.25) is 5.02 Å². The lowest BCUT2D eigenvalue weighted by molar-refractivity contribution is -0.129. The number of nitrogens with zero attached hydrogens (tertiary/aromatic N) is 2. The lowest BCUT2D eigenvalue weighted by atomic mass is 10.1. The number of halogens is 2. The number of rotatable bonds is 6. The molecule has 25 heavy (non-hydrogen) atoms. The van der Waals surface area contributed by atoms with Crippen molar-refractivity contribution in [1.82, 2.24) is 15.5 Å². The predicted octanol–water partition coefficient (Wildman–Crippen LogP) is 3.21. The van der Waals surface area contributed by atoms with E-state index in [9.17, 15) is 4.79 Å². The second-order valence-corrected chi connectivity index (χ2v) is 7.36. The van der Waals surface area contributed by atoms with Gasteiger partial charge in [-0.2, -0.15) is 0 Å². The third kappa shape index (κ3) is 6.19. The van der Waals surface area contributed by atoms with Gasteiger partial charge in [-0.15, -0.1) is 0 Å². The van der Waals surface area contributed by atoms with E-state index < -0.39 is 0 Å². The summed E-state index contributed by atoms with van der Waals surface area (Å²) in [6.07, 6.45) is 2.33. The number of carbonyl (C=O) groups is 1. The van der Waals surface area contributed by atoms with Crippen molar-refractivity contribution in [2.75, 3.05) is 26.2 Å². The van der Waals surface area contributed by atoms with Crippen LogP contribution < -0.4 is 10.6 Å². The van der Waals surface area contributed by atoms with E-state index in [0.717, 1.165) is 53.5 Å². The van der Waals surface area contributed by atoms with Gasteiger partial charge in [0.2, 0.25) is 5.91 Å². The molecular weight excluding hydrogens is 404 g/mol. The number of benzene rings is 1. The van der Waals surface area contributed by atoms with Gasteiger partial charge >= 0.3 is 0 Å². The molecule has 1 heterocycles. The highest BCUT2D eigenvalue weighted by Gasteiger charge is 2.25. The van der Waals surface area contributed by atoms with Gasteiger partial charge in [0, 0.05) is 48.1 Å². The topological polar surface area (TPSA) is 56.7 Å². The zero-order chi connectivity index (χ0) is 18.2. The summed E-state index contributed by atoms with van der Waals surface area (Å²) in [4.78, 5) is 18.4. The fourth-order valence-electron chi connectivity index (χ4n) is 2.86. The van der Waals surface area contributed by atoms with Crippen LogP contribution in [0.1, 0.15) is 32.3 Å². The van der Waals surface area contributed by atoms with Crippen molar-refractivity contribution in [3.63, 3.8) is 0 Å². The Kier molecular flexibility index (Phi) is 8.03. The summed E-state index contributed by atoms with van der Waals surface area (Å²) in [5, 5.41) is 7.46. The Balaban J connectivity index is 1.90. The normalized spacial score (nSPS) is 17.7. The summed E-state index contributed by atoms with van der Waals surface area (Å²) in [5.41, 5.74) is 1.15. The molecule has 0 aliphatic carbocycles. The van der Waals surface area contributed by atoms with Crippen LogP contribution in [0.4, 0.5) is 0 Å². The molecule has 2 rings (SSSR count). The third-order valence-corrected chi connectivity index (χ3v) is 5.20. The molecule has 1 fully saturated rings. The largest absolute Gasteiger partial charge is 0.357 e. The summed E-state index contributed by atoms with van der Waals surface area (Å²) < 4.78 is 1.05. The van der Waals surface area contributed by atoms with Gasteiger partial charge in [0.05, 0.1) is 0 Å². The average Bonchev–Trinajstić information content (AvgIpc) is 3.06. The van der Waals surface area contributed by atoms with Gasteiger partial charge in [-0.1, -0.05) is 34.5 Å². The minimum Gasteiger partial charge on any atom is -0.357 e. The van der Waals surface area contributed by atoms with E-state index in [1.165, 1.54) is 0 Å². The van der Waals surface area contributed by atoms with E-state index in [0.29, 0.717) is 13.0 Å². The Morgan fingerprint density at radius 1 is 1.44 bits per heavy atom. The van der Waals surface area contributed by atoms with E-state index in [1.54, 1.807) is 0 Å². The fourth-order valence-corrected chi connectivity index (χ4v) is 3.50. The van der Waals surface area contributed by atoms with Crippen LogP contribution in [0, 0.1) is 0 Å². The Morgan fingerprint density at radius 3 is 2.96 bits per heavy atom. The number of amides is 1. The Hall–Kier alpha value is -1.27. The van der Waals surface area contributed by atoms with Gasteiger partial charge in [-0.3, -0.25) is 9.79 Å². The first-order valence-electron chi connectivity index (χ1n) is 8.80. The molecule has 1 aromatic carbocycles. The Morgan fingerprint density at radius 2 is 2.24 bits per heavy atom. The fraction of sp³-hybridized carbons (Fsp3) is 0.556. The van der Waals surface area contributed by atoms with Gasteiger partial charge in [0.15, 0.2) is 5.96 Å². The van der Waals surface area contributed by atoms with Crippen LogP contribution in [0.15, 0.2) is 27.7 Å². The maximum Gasteiger partial charge on any atom is 0.222 e. The highest BCUT2D eigenvalue weighted by Crippen LogP contribution is 2.21. The van der Waals surface area contributed by atoms with Crippen molar-refractivity contribution in [3.05, 3.63) is 33.3 Å². The molecule has 5 nitrogen and oxygen atoms in total. The summed E-state index contributed by atoms with van der Waals surface area (Å²) in [5.74, 6) is 1.02. The highest BCUT2D eigenvalue weighted by atomic mass is 79.9.